The molecule has 0 saturated heterocycles. The van der Waals surface area contributed by atoms with Gasteiger partial charge in [-0.25, -0.2) is 0 Å². The zero-order chi connectivity index (χ0) is 13.2. The summed E-state index contributed by atoms with van der Waals surface area (Å²) in [5.41, 5.74) is 8.78. The quantitative estimate of drug-likeness (QED) is 0.913. The molecule has 1 aliphatic rings. The summed E-state index contributed by atoms with van der Waals surface area (Å²) in [5, 5.41) is 2.93. The molecule has 0 radical (unpaired) electrons. The number of hydrogen-bond acceptors (Lipinski definition) is 3. The zero-order valence-electron chi connectivity index (χ0n) is 11.0. The molecule has 1 heterocycles. The predicted octanol–water partition coefficient (Wildman–Crippen LogP) is 3.37. The second-order valence-electron chi connectivity index (χ2n) is 4.77. The van der Waals surface area contributed by atoms with Crippen LogP contribution in [0.1, 0.15) is 32.1 Å². The van der Waals surface area contributed by atoms with Crippen molar-refractivity contribution in [3.05, 3.63) is 51.2 Å². The minimum Gasteiger partial charge on any atom is -0.326 e. The lowest BCUT2D eigenvalue weighted by Gasteiger charge is -2.04. The van der Waals surface area contributed by atoms with Gasteiger partial charge in [0.05, 0.1) is 4.88 Å². The first-order valence-corrected chi connectivity index (χ1v) is 7.30. The largest absolute Gasteiger partial charge is 0.326 e. The van der Waals surface area contributed by atoms with Crippen LogP contribution in [0.5, 0.6) is 0 Å². The van der Waals surface area contributed by atoms with Gasteiger partial charge in [-0.05, 0) is 48.6 Å². The molecule has 3 rings (SSSR count). The van der Waals surface area contributed by atoms with Crippen LogP contribution in [0.4, 0.5) is 5.69 Å². The Kier molecular flexibility index (Phi) is 4.81. The third kappa shape index (κ3) is 3.03. The van der Waals surface area contributed by atoms with Gasteiger partial charge in [-0.15, -0.1) is 23.7 Å². The van der Waals surface area contributed by atoms with Crippen LogP contribution in [0.25, 0.3) is 0 Å². The smallest absolute Gasteiger partial charge is 0.265 e. The molecule has 1 amide bonds. The molecule has 3 nitrogen and oxygen atoms in total. The number of thiophene rings is 1. The molecule has 0 atom stereocenters. The number of rotatable bonds is 3. The highest BCUT2D eigenvalue weighted by atomic mass is 35.5. The van der Waals surface area contributed by atoms with Crippen LogP contribution in [0, 0.1) is 0 Å². The normalized spacial score (nSPS) is 12.7. The van der Waals surface area contributed by atoms with Crippen molar-refractivity contribution in [2.24, 2.45) is 5.73 Å². The van der Waals surface area contributed by atoms with Gasteiger partial charge >= 0.3 is 0 Å². The van der Waals surface area contributed by atoms with Crippen LogP contribution in [0.3, 0.4) is 0 Å². The number of halogens is 1. The van der Waals surface area contributed by atoms with Gasteiger partial charge in [-0.3, -0.25) is 4.79 Å². The van der Waals surface area contributed by atoms with E-state index >= 15 is 0 Å². The molecule has 1 aromatic carbocycles. The fraction of sp³-hybridized carbons (Fsp3) is 0.267. The molecule has 3 N–H and O–H groups in total. The number of benzene rings is 1. The van der Waals surface area contributed by atoms with E-state index in [4.69, 9.17) is 5.73 Å². The first-order valence-electron chi connectivity index (χ1n) is 6.48. The van der Waals surface area contributed by atoms with Gasteiger partial charge in [-0.2, -0.15) is 0 Å². The maximum Gasteiger partial charge on any atom is 0.265 e. The molecule has 5 heteroatoms. The third-order valence-corrected chi connectivity index (χ3v) is 4.65. The second kappa shape index (κ2) is 6.39. The van der Waals surface area contributed by atoms with Crippen LogP contribution in [-0.4, -0.2) is 5.91 Å². The Morgan fingerprint density at radius 1 is 1.25 bits per heavy atom. The molecule has 0 aliphatic heterocycles. The van der Waals surface area contributed by atoms with E-state index in [2.05, 4.69) is 5.32 Å². The van der Waals surface area contributed by atoms with Crippen molar-refractivity contribution in [3.8, 4) is 0 Å². The SMILES string of the molecule is Cl.NCc1ccc(NC(=O)c2cc3c(s2)CCC3)cc1. The highest BCUT2D eigenvalue weighted by Gasteiger charge is 2.18. The van der Waals surface area contributed by atoms with Gasteiger partial charge in [0.1, 0.15) is 0 Å². The van der Waals surface area contributed by atoms with E-state index < -0.39 is 0 Å². The molecule has 1 aromatic heterocycles. The molecular formula is C15H17ClN2OS. The number of carbonyl (C=O) groups excluding carboxylic acids is 1. The Bertz CT molecular complexity index is 585. The molecule has 1 aliphatic carbocycles. The summed E-state index contributed by atoms with van der Waals surface area (Å²) >= 11 is 1.62. The van der Waals surface area contributed by atoms with Crippen molar-refractivity contribution < 1.29 is 4.79 Å². The van der Waals surface area contributed by atoms with Gasteiger partial charge < -0.3 is 11.1 Å². The van der Waals surface area contributed by atoms with Gasteiger partial charge in [0, 0.05) is 17.1 Å². The first kappa shape index (κ1) is 15.0. The lowest BCUT2D eigenvalue weighted by Crippen LogP contribution is -2.10. The van der Waals surface area contributed by atoms with Crippen molar-refractivity contribution in [3.63, 3.8) is 0 Å². The standard InChI is InChI=1S/C15H16N2OS.ClH/c16-9-10-4-6-12(7-5-10)17-15(18)14-8-11-2-1-3-13(11)19-14;/h4-8H,1-3,9,16H2,(H,17,18);1H. The molecule has 20 heavy (non-hydrogen) atoms. The number of carbonyl (C=O) groups is 1. The van der Waals surface area contributed by atoms with Crippen molar-refractivity contribution in [2.45, 2.75) is 25.8 Å². The van der Waals surface area contributed by atoms with Crippen molar-refractivity contribution in [1.82, 2.24) is 0 Å². The van der Waals surface area contributed by atoms with Gasteiger partial charge in [0.2, 0.25) is 0 Å². The Morgan fingerprint density at radius 2 is 2.00 bits per heavy atom. The average Bonchev–Trinajstić information content (AvgIpc) is 3.00. The molecule has 2 aromatic rings. The van der Waals surface area contributed by atoms with Gasteiger partial charge in [0.25, 0.3) is 5.91 Å². The molecule has 106 valence electrons. The maximum atomic E-state index is 12.1. The Morgan fingerprint density at radius 3 is 2.65 bits per heavy atom. The first-order chi connectivity index (χ1) is 9.26. The summed E-state index contributed by atoms with van der Waals surface area (Å²) in [6.45, 7) is 0.520. The highest BCUT2D eigenvalue weighted by molar-refractivity contribution is 7.14. The van der Waals surface area contributed by atoms with E-state index in [0.29, 0.717) is 6.54 Å². The number of hydrogen-bond donors (Lipinski definition) is 2. The summed E-state index contributed by atoms with van der Waals surface area (Å²) in [4.78, 5) is 14.3. The third-order valence-electron chi connectivity index (χ3n) is 3.42. The fourth-order valence-corrected chi connectivity index (χ4v) is 3.51. The minimum absolute atomic E-state index is 0. The Hall–Kier alpha value is -1.36. The van der Waals surface area contributed by atoms with E-state index in [1.807, 2.05) is 30.3 Å². The number of amides is 1. The van der Waals surface area contributed by atoms with Crippen LogP contribution >= 0.6 is 23.7 Å². The van der Waals surface area contributed by atoms with E-state index in [1.165, 1.54) is 16.9 Å². The number of aryl methyl sites for hydroxylation is 2. The van der Waals surface area contributed by atoms with Gasteiger partial charge in [-0.1, -0.05) is 12.1 Å². The number of nitrogens with one attached hydrogen (secondary N) is 1. The van der Waals surface area contributed by atoms with E-state index in [0.717, 1.165) is 29.0 Å². The minimum atomic E-state index is -0.0140. The number of anilines is 1. The lowest BCUT2D eigenvalue weighted by atomic mass is 10.2. The lowest BCUT2D eigenvalue weighted by molar-refractivity contribution is 0.103. The monoisotopic (exact) mass is 308 g/mol. The molecule has 0 unspecified atom stereocenters. The molecule has 0 bridgehead atoms. The topological polar surface area (TPSA) is 55.1 Å². The van der Waals surface area contributed by atoms with Crippen molar-refractivity contribution >= 4 is 35.3 Å². The van der Waals surface area contributed by atoms with Crippen LogP contribution in [0.15, 0.2) is 30.3 Å². The van der Waals surface area contributed by atoms with Crippen molar-refractivity contribution in [1.29, 1.82) is 0 Å². The zero-order valence-corrected chi connectivity index (χ0v) is 12.7. The molecule has 0 fully saturated rings. The van der Waals surface area contributed by atoms with Crippen LogP contribution in [-0.2, 0) is 19.4 Å². The maximum absolute atomic E-state index is 12.1. The molecule has 0 saturated carbocycles. The van der Waals surface area contributed by atoms with Crippen LogP contribution in [0.2, 0.25) is 0 Å². The average molecular weight is 309 g/mol. The summed E-state index contributed by atoms with van der Waals surface area (Å²) in [6.07, 6.45) is 3.46. The summed E-state index contributed by atoms with van der Waals surface area (Å²) in [6, 6.07) is 9.69. The number of fused-ring (bicyclic) bond motifs is 1. The Labute approximate surface area is 128 Å². The second-order valence-corrected chi connectivity index (χ2v) is 5.90. The fourth-order valence-electron chi connectivity index (χ4n) is 2.36. The van der Waals surface area contributed by atoms with E-state index in [-0.39, 0.29) is 18.3 Å². The highest BCUT2D eigenvalue weighted by Crippen LogP contribution is 2.30. The molecular weight excluding hydrogens is 292 g/mol. The van der Waals surface area contributed by atoms with Gasteiger partial charge in [0.15, 0.2) is 0 Å². The van der Waals surface area contributed by atoms with E-state index in [1.54, 1.807) is 11.3 Å². The summed E-state index contributed by atoms with van der Waals surface area (Å²) < 4.78 is 0. The Balaban J connectivity index is 0.00000147. The predicted molar refractivity (Wildman–Crippen MR) is 85.9 cm³/mol. The molecule has 0 spiro atoms. The van der Waals surface area contributed by atoms with Crippen molar-refractivity contribution in [2.75, 3.05) is 5.32 Å². The summed E-state index contributed by atoms with van der Waals surface area (Å²) in [7, 11) is 0. The van der Waals surface area contributed by atoms with Crippen LogP contribution < -0.4 is 11.1 Å². The van der Waals surface area contributed by atoms with E-state index in [9.17, 15) is 4.79 Å². The number of nitrogens with two attached hydrogens (primary N) is 1. The summed E-state index contributed by atoms with van der Waals surface area (Å²) in [5.74, 6) is -0.0140.